The summed E-state index contributed by atoms with van der Waals surface area (Å²) in [6.45, 7) is 6.23. The second kappa shape index (κ2) is 6.81. The number of hydrogen-bond acceptors (Lipinski definition) is 5. The first-order valence-corrected chi connectivity index (χ1v) is 9.05. The maximum Gasteiger partial charge on any atom is 0.227 e. The van der Waals surface area contributed by atoms with E-state index in [1.165, 1.54) is 0 Å². The normalized spacial score (nSPS) is 15.6. The van der Waals surface area contributed by atoms with Gasteiger partial charge in [-0.3, -0.25) is 15.2 Å². The number of amides is 1. The Morgan fingerprint density at radius 1 is 1.15 bits per heavy atom. The van der Waals surface area contributed by atoms with Gasteiger partial charge in [0, 0.05) is 30.8 Å². The van der Waals surface area contributed by atoms with E-state index in [1.807, 2.05) is 65.4 Å². The SMILES string of the molecule is C=CNN1NN(C)C2=C1c1ccccc1N(C(=O)CC)Cc1ccccc12. The van der Waals surface area contributed by atoms with Crippen LogP contribution in [-0.2, 0) is 11.3 Å². The first-order valence-electron chi connectivity index (χ1n) is 9.05. The molecule has 0 aliphatic carbocycles. The highest BCUT2D eigenvalue weighted by Crippen LogP contribution is 2.41. The van der Waals surface area contributed by atoms with E-state index < -0.39 is 0 Å². The molecule has 0 unspecified atom stereocenters. The number of para-hydroxylation sites is 1. The molecule has 2 aromatic carbocycles. The highest BCUT2D eigenvalue weighted by molar-refractivity contribution is 6.01. The molecular formula is C21H23N5O. The number of carbonyl (C=O) groups excluding carboxylic acids is 1. The van der Waals surface area contributed by atoms with Crippen LogP contribution in [0.3, 0.4) is 0 Å². The largest absolute Gasteiger partial charge is 0.307 e. The predicted molar refractivity (Wildman–Crippen MR) is 107 cm³/mol. The second-order valence-corrected chi connectivity index (χ2v) is 6.53. The molecular weight excluding hydrogens is 338 g/mol. The average molecular weight is 361 g/mol. The van der Waals surface area contributed by atoms with Crippen LogP contribution in [0.25, 0.3) is 11.4 Å². The summed E-state index contributed by atoms with van der Waals surface area (Å²) < 4.78 is 0. The zero-order chi connectivity index (χ0) is 19.0. The van der Waals surface area contributed by atoms with Gasteiger partial charge in [-0.2, -0.15) is 5.12 Å². The highest BCUT2D eigenvalue weighted by atomic mass is 16.2. The molecule has 2 N–H and O–H groups in total. The molecule has 0 saturated heterocycles. The zero-order valence-electron chi connectivity index (χ0n) is 15.6. The van der Waals surface area contributed by atoms with Crippen molar-refractivity contribution in [2.45, 2.75) is 19.9 Å². The summed E-state index contributed by atoms with van der Waals surface area (Å²) >= 11 is 0. The number of hydrogen-bond donors (Lipinski definition) is 2. The molecule has 6 heteroatoms. The molecule has 138 valence electrons. The molecule has 2 aliphatic rings. The van der Waals surface area contributed by atoms with Crippen molar-refractivity contribution < 1.29 is 4.79 Å². The summed E-state index contributed by atoms with van der Waals surface area (Å²) in [7, 11) is 1.98. The second-order valence-electron chi connectivity index (χ2n) is 6.53. The number of hydrazine groups is 3. The molecule has 0 saturated carbocycles. The lowest BCUT2D eigenvalue weighted by Crippen LogP contribution is -2.44. The fourth-order valence-electron chi connectivity index (χ4n) is 3.72. The Kier molecular flexibility index (Phi) is 4.33. The molecule has 0 atom stereocenters. The maximum atomic E-state index is 12.8. The van der Waals surface area contributed by atoms with Crippen LogP contribution < -0.4 is 15.9 Å². The first-order chi connectivity index (χ1) is 13.2. The van der Waals surface area contributed by atoms with E-state index in [9.17, 15) is 4.79 Å². The molecule has 0 fully saturated rings. The third-order valence-electron chi connectivity index (χ3n) is 4.91. The zero-order valence-corrected chi connectivity index (χ0v) is 15.6. The number of nitrogens with zero attached hydrogens (tertiary/aromatic N) is 3. The molecule has 0 radical (unpaired) electrons. The molecule has 2 aliphatic heterocycles. The Labute approximate surface area is 159 Å². The Hall–Kier alpha value is -3.25. The lowest BCUT2D eigenvalue weighted by molar-refractivity contribution is -0.118. The quantitative estimate of drug-likeness (QED) is 0.880. The average Bonchev–Trinajstić information content (AvgIpc) is 3.00. The fraction of sp³-hybridized carbons (Fsp3) is 0.190. The number of rotatable bonds is 3. The van der Waals surface area contributed by atoms with Gasteiger partial charge in [0.05, 0.1) is 17.9 Å². The van der Waals surface area contributed by atoms with Crippen molar-refractivity contribution in [2.24, 2.45) is 0 Å². The minimum Gasteiger partial charge on any atom is -0.307 e. The maximum absolute atomic E-state index is 12.8. The van der Waals surface area contributed by atoms with E-state index in [2.05, 4.69) is 29.7 Å². The number of fused-ring (bicyclic) bond motifs is 4. The first kappa shape index (κ1) is 17.2. The van der Waals surface area contributed by atoms with Crippen LogP contribution in [0, 0.1) is 0 Å². The Bertz CT molecular complexity index is 936. The lowest BCUT2D eigenvalue weighted by atomic mass is 9.96. The number of anilines is 1. The lowest BCUT2D eigenvalue weighted by Gasteiger charge is -2.30. The van der Waals surface area contributed by atoms with Gasteiger partial charge in [0.15, 0.2) is 0 Å². The molecule has 1 amide bonds. The third-order valence-corrected chi connectivity index (χ3v) is 4.91. The summed E-state index contributed by atoms with van der Waals surface area (Å²) in [5, 5.41) is 3.82. The highest BCUT2D eigenvalue weighted by Gasteiger charge is 2.34. The van der Waals surface area contributed by atoms with Crippen LogP contribution in [-0.4, -0.2) is 23.1 Å². The van der Waals surface area contributed by atoms with Crippen molar-refractivity contribution >= 4 is 23.0 Å². The van der Waals surface area contributed by atoms with Gasteiger partial charge in [0.2, 0.25) is 5.91 Å². The van der Waals surface area contributed by atoms with Gasteiger partial charge < -0.3 is 4.90 Å². The number of nitrogens with one attached hydrogen (secondary N) is 2. The minimum atomic E-state index is 0.101. The predicted octanol–water partition coefficient (Wildman–Crippen LogP) is 3.08. The fourth-order valence-corrected chi connectivity index (χ4v) is 3.72. The monoisotopic (exact) mass is 361 g/mol. The van der Waals surface area contributed by atoms with E-state index in [-0.39, 0.29) is 5.91 Å². The molecule has 2 heterocycles. The molecule has 0 bridgehead atoms. The van der Waals surface area contributed by atoms with E-state index in [0.29, 0.717) is 13.0 Å². The van der Waals surface area contributed by atoms with Crippen molar-refractivity contribution in [1.82, 2.24) is 21.1 Å². The third kappa shape index (κ3) is 2.74. The van der Waals surface area contributed by atoms with Crippen LogP contribution in [0.15, 0.2) is 61.3 Å². The molecule has 2 aromatic rings. The van der Waals surface area contributed by atoms with Gasteiger partial charge in [-0.05, 0) is 11.6 Å². The van der Waals surface area contributed by atoms with Crippen molar-refractivity contribution in [2.75, 3.05) is 11.9 Å². The minimum absolute atomic E-state index is 0.101. The van der Waals surface area contributed by atoms with Crippen LogP contribution >= 0.6 is 0 Å². The summed E-state index contributed by atoms with van der Waals surface area (Å²) in [5.41, 5.74) is 12.5. The van der Waals surface area contributed by atoms with E-state index >= 15 is 0 Å². The van der Waals surface area contributed by atoms with E-state index in [4.69, 9.17) is 0 Å². The van der Waals surface area contributed by atoms with Crippen LogP contribution in [0.2, 0.25) is 0 Å². The van der Waals surface area contributed by atoms with Crippen LogP contribution in [0.4, 0.5) is 5.69 Å². The van der Waals surface area contributed by atoms with Gasteiger partial charge >= 0.3 is 0 Å². The summed E-state index contributed by atoms with van der Waals surface area (Å²) in [5.74, 6) is 0.101. The van der Waals surface area contributed by atoms with Crippen LogP contribution in [0.1, 0.15) is 30.0 Å². The van der Waals surface area contributed by atoms with Gasteiger partial charge in [-0.1, -0.05) is 56.0 Å². The summed E-state index contributed by atoms with van der Waals surface area (Å²) in [4.78, 5) is 14.7. The van der Waals surface area contributed by atoms with Crippen molar-refractivity contribution in [3.05, 3.63) is 78.0 Å². The molecule has 0 aromatic heterocycles. The molecule has 4 rings (SSSR count). The van der Waals surface area contributed by atoms with Crippen molar-refractivity contribution in [3.8, 4) is 0 Å². The van der Waals surface area contributed by atoms with Gasteiger partial charge in [-0.15, -0.1) is 5.53 Å². The standard InChI is InChI=1S/C21H23N5O/c1-4-19(27)25-14-15-10-6-7-11-16(15)20-21(17-12-8-9-13-18(17)25)26(22-5-2)23-24(20)3/h5-13,22-23H,2,4,14H2,1,3H3. The molecule has 27 heavy (non-hydrogen) atoms. The molecule has 6 nitrogen and oxygen atoms in total. The van der Waals surface area contributed by atoms with Gasteiger partial charge in [0.1, 0.15) is 5.70 Å². The topological polar surface area (TPSA) is 50.9 Å². The van der Waals surface area contributed by atoms with E-state index in [0.717, 1.165) is 33.8 Å². The van der Waals surface area contributed by atoms with Crippen LogP contribution in [0.5, 0.6) is 0 Å². The Morgan fingerprint density at radius 3 is 2.59 bits per heavy atom. The van der Waals surface area contributed by atoms with Crippen molar-refractivity contribution in [3.63, 3.8) is 0 Å². The van der Waals surface area contributed by atoms with E-state index in [1.54, 1.807) is 6.20 Å². The summed E-state index contributed by atoms with van der Waals surface area (Å²) in [6, 6.07) is 16.3. The smallest absolute Gasteiger partial charge is 0.227 e. The number of benzene rings is 2. The number of carbonyl (C=O) groups is 1. The van der Waals surface area contributed by atoms with Crippen molar-refractivity contribution in [1.29, 1.82) is 0 Å². The van der Waals surface area contributed by atoms with Gasteiger partial charge in [0.25, 0.3) is 0 Å². The Balaban J connectivity index is 2.04. The Morgan fingerprint density at radius 2 is 1.85 bits per heavy atom. The molecule has 0 spiro atoms. The summed E-state index contributed by atoms with van der Waals surface area (Å²) in [6.07, 6.45) is 2.08. The van der Waals surface area contributed by atoms with Gasteiger partial charge in [-0.25, -0.2) is 0 Å².